The zero-order chi connectivity index (χ0) is 19.1. The number of nitrogens with zero attached hydrogens (tertiary/aromatic N) is 1. The van der Waals surface area contributed by atoms with E-state index in [9.17, 15) is 10.1 Å². The molecule has 0 aromatic heterocycles. The second-order valence-corrected chi connectivity index (χ2v) is 7.78. The summed E-state index contributed by atoms with van der Waals surface area (Å²) in [5, 5.41) is 11.5. The van der Waals surface area contributed by atoms with Crippen molar-refractivity contribution in [3.8, 4) is 0 Å². The van der Waals surface area contributed by atoms with Crippen LogP contribution >= 0.6 is 0 Å². The van der Waals surface area contributed by atoms with Crippen LogP contribution in [0.2, 0.25) is 0 Å². The summed E-state index contributed by atoms with van der Waals surface area (Å²) in [6.07, 6.45) is -0.428. The summed E-state index contributed by atoms with van der Waals surface area (Å²) in [5.74, 6) is 0. The van der Waals surface area contributed by atoms with E-state index in [1.165, 1.54) is 11.6 Å². The van der Waals surface area contributed by atoms with Crippen LogP contribution < -0.4 is 5.46 Å². The Kier molecular flexibility index (Phi) is 4.91. The van der Waals surface area contributed by atoms with Crippen LogP contribution in [0.4, 0.5) is 5.69 Å². The van der Waals surface area contributed by atoms with Crippen molar-refractivity contribution < 1.29 is 14.2 Å². The van der Waals surface area contributed by atoms with Gasteiger partial charge in [0, 0.05) is 18.1 Å². The zero-order valence-electron chi connectivity index (χ0n) is 15.9. The minimum atomic E-state index is -0.534. The second-order valence-electron chi connectivity index (χ2n) is 7.78. The van der Waals surface area contributed by atoms with Crippen LogP contribution in [-0.2, 0) is 9.31 Å². The molecule has 0 N–H and O–H groups in total. The highest BCUT2D eigenvalue weighted by Crippen LogP contribution is 2.43. The van der Waals surface area contributed by atoms with E-state index in [2.05, 4.69) is 19.1 Å². The predicted octanol–water partition coefficient (Wildman–Crippen LogP) is 4.03. The van der Waals surface area contributed by atoms with Gasteiger partial charge in [0.2, 0.25) is 0 Å². The van der Waals surface area contributed by atoms with E-state index >= 15 is 0 Å². The lowest BCUT2D eigenvalue weighted by molar-refractivity contribution is -0.386. The number of para-hydroxylation sites is 1. The fourth-order valence-corrected chi connectivity index (χ4v) is 3.80. The Labute approximate surface area is 154 Å². The molecule has 0 spiro atoms. The quantitative estimate of drug-likeness (QED) is 0.475. The molecule has 0 radical (unpaired) electrons. The molecule has 1 fully saturated rings. The van der Waals surface area contributed by atoms with Crippen LogP contribution in [0.5, 0.6) is 0 Å². The summed E-state index contributed by atoms with van der Waals surface area (Å²) >= 11 is 0. The minimum absolute atomic E-state index is 0.0866. The van der Waals surface area contributed by atoms with Crippen molar-refractivity contribution in [1.82, 2.24) is 0 Å². The Bertz CT molecular complexity index is 826. The van der Waals surface area contributed by atoms with Crippen LogP contribution in [0.15, 0.2) is 36.4 Å². The highest BCUT2D eigenvalue weighted by Gasteiger charge is 2.45. The van der Waals surface area contributed by atoms with Gasteiger partial charge in [-0.25, -0.2) is 0 Å². The van der Waals surface area contributed by atoms with Gasteiger partial charge >= 0.3 is 7.12 Å². The molecule has 136 valence electrons. The number of hydrogen-bond donors (Lipinski definition) is 0. The zero-order valence-corrected chi connectivity index (χ0v) is 15.9. The molecular formula is C20H24BNO4. The van der Waals surface area contributed by atoms with E-state index in [0.29, 0.717) is 12.2 Å². The first-order chi connectivity index (χ1) is 12.2. The first-order valence-corrected chi connectivity index (χ1v) is 8.79. The van der Waals surface area contributed by atoms with Gasteiger partial charge in [-0.05, 0) is 32.3 Å². The first kappa shape index (κ1) is 18.6. The molecule has 6 heteroatoms. The molecule has 1 saturated heterocycles. The average molecular weight is 353 g/mol. The monoisotopic (exact) mass is 353 g/mol. The summed E-state index contributed by atoms with van der Waals surface area (Å²) in [7, 11) is -0.534. The molecule has 0 saturated carbocycles. The Balaban J connectivity index is 2.03. The van der Waals surface area contributed by atoms with Crippen LogP contribution in [-0.4, -0.2) is 18.6 Å². The molecule has 3 rings (SSSR count). The van der Waals surface area contributed by atoms with Crippen molar-refractivity contribution in [2.75, 3.05) is 6.61 Å². The van der Waals surface area contributed by atoms with Gasteiger partial charge < -0.3 is 9.31 Å². The highest BCUT2D eigenvalue weighted by molar-refractivity contribution is 6.62. The smallest absolute Gasteiger partial charge is 0.407 e. The average Bonchev–Trinajstić information content (AvgIpc) is 2.55. The largest absolute Gasteiger partial charge is 0.494 e. The molecule has 26 heavy (non-hydrogen) atoms. The lowest BCUT2D eigenvalue weighted by Crippen LogP contribution is -2.50. The van der Waals surface area contributed by atoms with Gasteiger partial charge in [0.15, 0.2) is 0 Å². The molecule has 1 heterocycles. The fraction of sp³-hybridized carbons (Fsp3) is 0.400. The lowest BCUT2D eigenvalue weighted by atomic mass is 9.68. The van der Waals surface area contributed by atoms with Gasteiger partial charge in [0.05, 0.1) is 16.6 Å². The van der Waals surface area contributed by atoms with Gasteiger partial charge in [-0.3, -0.25) is 10.1 Å². The summed E-state index contributed by atoms with van der Waals surface area (Å²) in [5.41, 5.74) is 4.71. The maximum atomic E-state index is 11.5. The third kappa shape index (κ3) is 3.39. The molecule has 5 nitrogen and oxygen atoms in total. The maximum Gasteiger partial charge on any atom is 0.494 e. The molecular weight excluding hydrogens is 329 g/mol. The minimum Gasteiger partial charge on any atom is -0.407 e. The SMILES string of the molecule is Cc1cc(C)c(B2OCC(C)(C)C(c3ccccc3[N+](=O)[O-])O2)c(C)c1. The fourth-order valence-electron chi connectivity index (χ4n) is 3.80. The third-order valence-electron chi connectivity index (χ3n) is 4.97. The van der Waals surface area contributed by atoms with Gasteiger partial charge in [-0.1, -0.05) is 54.8 Å². The highest BCUT2D eigenvalue weighted by atomic mass is 16.6. The van der Waals surface area contributed by atoms with Crippen molar-refractivity contribution in [1.29, 1.82) is 0 Å². The van der Waals surface area contributed by atoms with Crippen molar-refractivity contribution >= 4 is 18.3 Å². The van der Waals surface area contributed by atoms with E-state index in [-0.39, 0.29) is 16.0 Å². The van der Waals surface area contributed by atoms with E-state index < -0.39 is 13.2 Å². The van der Waals surface area contributed by atoms with Crippen molar-refractivity contribution in [3.05, 3.63) is 68.8 Å². The lowest BCUT2D eigenvalue weighted by Gasteiger charge is -2.41. The Hall–Kier alpha value is -2.18. The molecule has 0 bridgehead atoms. The Morgan fingerprint density at radius 1 is 1.15 bits per heavy atom. The van der Waals surface area contributed by atoms with Crippen molar-refractivity contribution in [3.63, 3.8) is 0 Å². The van der Waals surface area contributed by atoms with Crippen molar-refractivity contribution in [2.24, 2.45) is 5.41 Å². The van der Waals surface area contributed by atoms with Crippen LogP contribution in [0.1, 0.15) is 42.2 Å². The number of nitro benzene ring substituents is 1. The normalized spacial score (nSPS) is 19.4. The van der Waals surface area contributed by atoms with Crippen LogP contribution in [0, 0.1) is 36.3 Å². The van der Waals surface area contributed by atoms with Gasteiger partial charge in [0.25, 0.3) is 5.69 Å². The maximum absolute atomic E-state index is 11.5. The van der Waals surface area contributed by atoms with Gasteiger partial charge in [-0.15, -0.1) is 0 Å². The van der Waals surface area contributed by atoms with Gasteiger partial charge in [0.1, 0.15) is 0 Å². The topological polar surface area (TPSA) is 61.6 Å². The number of rotatable bonds is 3. The van der Waals surface area contributed by atoms with E-state index in [1.54, 1.807) is 12.1 Å². The van der Waals surface area contributed by atoms with Crippen LogP contribution in [0.3, 0.4) is 0 Å². The molecule has 1 unspecified atom stereocenters. The Morgan fingerprint density at radius 3 is 2.38 bits per heavy atom. The molecule has 1 aliphatic rings. The first-order valence-electron chi connectivity index (χ1n) is 8.79. The summed E-state index contributed by atoms with van der Waals surface area (Å²) in [6.45, 7) is 10.6. The molecule has 2 aromatic carbocycles. The predicted molar refractivity (Wildman–Crippen MR) is 103 cm³/mol. The number of hydrogen-bond acceptors (Lipinski definition) is 4. The molecule has 1 atom stereocenters. The second kappa shape index (κ2) is 6.85. The number of benzene rings is 2. The summed E-state index contributed by atoms with van der Waals surface area (Å²) in [6, 6.07) is 11.0. The molecule has 0 aliphatic carbocycles. The molecule has 0 amide bonds. The van der Waals surface area contributed by atoms with E-state index in [4.69, 9.17) is 9.31 Å². The van der Waals surface area contributed by atoms with Crippen molar-refractivity contribution in [2.45, 2.75) is 40.7 Å². The number of nitro groups is 1. The summed E-state index contributed by atoms with van der Waals surface area (Å²) < 4.78 is 12.4. The van der Waals surface area contributed by atoms with E-state index in [1.807, 2.05) is 33.8 Å². The van der Waals surface area contributed by atoms with E-state index in [0.717, 1.165) is 16.6 Å². The summed E-state index contributed by atoms with van der Waals surface area (Å²) in [4.78, 5) is 11.1. The standard InChI is InChI=1S/C20H24BNO4/c1-13-10-14(2)18(15(3)11-13)21-25-12-20(4,5)19(26-21)16-8-6-7-9-17(16)22(23)24/h6-11,19H,12H2,1-5H3. The Morgan fingerprint density at radius 2 is 1.77 bits per heavy atom. The molecule has 2 aromatic rings. The third-order valence-corrected chi connectivity index (χ3v) is 4.97. The molecule has 1 aliphatic heterocycles. The number of aryl methyl sites for hydroxylation is 3. The van der Waals surface area contributed by atoms with Crippen LogP contribution in [0.25, 0.3) is 0 Å². The van der Waals surface area contributed by atoms with Gasteiger partial charge in [-0.2, -0.15) is 0 Å².